The Kier molecular flexibility index (Phi) is 3.04. The van der Waals surface area contributed by atoms with Crippen LogP contribution in [0.5, 0.6) is 0 Å². The van der Waals surface area contributed by atoms with Gasteiger partial charge in [-0.05, 0) is 55.3 Å². The molecule has 0 bridgehead atoms. The van der Waals surface area contributed by atoms with Crippen molar-refractivity contribution in [1.29, 1.82) is 0 Å². The number of hydrogen-bond donors (Lipinski definition) is 0. The molecule has 0 aliphatic heterocycles. The van der Waals surface area contributed by atoms with Crippen LogP contribution in [0, 0.1) is 22.7 Å². The smallest absolute Gasteiger partial charge is 0.00558 e. The van der Waals surface area contributed by atoms with Gasteiger partial charge in [0.05, 0.1) is 0 Å². The summed E-state index contributed by atoms with van der Waals surface area (Å²) in [5, 5.41) is 0. The zero-order valence-corrected chi connectivity index (χ0v) is 12.3. The zero-order chi connectivity index (χ0) is 12.8. The van der Waals surface area contributed by atoms with Crippen molar-refractivity contribution in [1.82, 2.24) is 0 Å². The summed E-state index contributed by atoms with van der Waals surface area (Å²) in [5.74, 6) is 1.50. The molecule has 0 aromatic carbocycles. The lowest BCUT2D eigenvalue weighted by molar-refractivity contribution is 0.0617. The topological polar surface area (TPSA) is 0 Å². The predicted octanol–water partition coefficient (Wildman–Crippen LogP) is 5.36. The van der Waals surface area contributed by atoms with E-state index in [2.05, 4.69) is 47.3 Å². The molecule has 2 rings (SSSR count). The Balaban J connectivity index is 2.41. The van der Waals surface area contributed by atoms with Crippen LogP contribution in [0.2, 0.25) is 0 Å². The quantitative estimate of drug-likeness (QED) is 0.534. The molecule has 0 aromatic heterocycles. The highest BCUT2D eigenvalue weighted by Crippen LogP contribution is 2.57. The molecule has 0 heteroatoms. The standard InChI is InChI=1S/C17H28/c1-12(2)17(6)11-9-14-8-7-10-16(4,5)15(14)13(17)3/h9,13,15H,1,7-8,10-11H2,2-6H3. The molecule has 1 fully saturated rings. The second kappa shape index (κ2) is 4.00. The summed E-state index contributed by atoms with van der Waals surface area (Å²) in [5.41, 5.74) is 3.89. The van der Waals surface area contributed by atoms with Crippen LogP contribution in [-0.4, -0.2) is 0 Å². The lowest BCUT2D eigenvalue weighted by atomic mass is 9.52. The first-order chi connectivity index (χ1) is 7.79. The van der Waals surface area contributed by atoms with Crippen molar-refractivity contribution < 1.29 is 0 Å². The van der Waals surface area contributed by atoms with Crippen LogP contribution in [0.1, 0.15) is 60.3 Å². The van der Waals surface area contributed by atoms with Crippen LogP contribution >= 0.6 is 0 Å². The fourth-order valence-corrected chi connectivity index (χ4v) is 4.25. The van der Waals surface area contributed by atoms with Gasteiger partial charge in [0.2, 0.25) is 0 Å². The summed E-state index contributed by atoms with van der Waals surface area (Å²) in [7, 11) is 0. The number of allylic oxidation sites excluding steroid dienone is 3. The number of fused-ring (bicyclic) bond motifs is 1. The van der Waals surface area contributed by atoms with Crippen LogP contribution in [0.4, 0.5) is 0 Å². The molecule has 0 N–H and O–H groups in total. The third-order valence-electron chi connectivity index (χ3n) is 5.80. The molecule has 1 saturated carbocycles. The van der Waals surface area contributed by atoms with E-state index in [9.17, 15) is 0 Å². The molecule has 0 saturated heterocycles. The average molecular weight is 232 g/mol. The van der Waals surface area contributed by atoms with E-state index in [-0.39, 0.29) is 0 Å². The molecule has 0 nitrogen and oxygen atoms in total. The number of hydrogen-bond acceptors (Lipinski definition) is 0. The van der Waals surface area contributed by atoms with Crippen LogP contribution in [-0.2, 0) is 0 Å². The highest BCUT2D eigenvalue weighted by molar-refractivity contribution is 5.25. The van der Waals surface area contributed by atoms with Crippen LogP contribution in [0.3, 0.4) is 0 Å². The summed E-state index contributed by atoms with van der Waals surface area (Å²) < 4.78 is 0. The van der Waals surface area contributed by atoms with E-state index in [0.29, 0.717) is 10.8 Å². The van der Waals surface area contributed by atoms with E-state index >= 15 is 0 Å². The van der Waals surface area contributed by atoms with Crippen molar-refractivity contribution in [3.8, 4) is 0 Å². The Bertz CT molecular complexity index is 358. The van der Waals surface area contributed by atoms with E-state index in [0.717, 1.165) is 11.8 Å². The van der Waals surface area contributed by atoms with Gasteiger partial charge in [-0.25, -0.2) is 0 Å². The predicted molar refractivity (Wildman–Crippen MR) is 75.9 cm³/mol. The molecule has 96 valence electrons. The Morgan fingerprint density at radius 1 is 1.35 bits per heavy atom. The van der Waals surface area contributed by atoms with Crippen LogP contribution in [0.15, 0.2) is 23.8 Å². The minimum atomic E-state index is 0.308. The number of rotatable bonds is 1. The fraction of sp³-hybridized carbons (Fsp3) is 0.765. The molecule has 0 radical (unpaired) electrons. The summed E-state index contributed by atoms with van der Waals surface area (Å²) in [6.45, 7) is 16.3. The zero-order valence-electron chi connectivity index (χ0n) is 12.3. The molecular formula is C17H28. The molecule has 3 atom stereocenters. The third-order valence-corrected chi connectivity index (χ3v) is 5.80. The Morgan fingerprint density at radius 3 is 2.59 bits per heavy atom. The first-order valence-corrected chi connectivity index (χ1v) is 7.14. The van der Waals surface area contributed by atoms with Gasteiger partial charge in [-0.1, -0.05) is 51.5 Å². The third kappa shape index (κ3) is 1.90. The van der Waals surface area contributed by atoms with E-state index < -0.39 is 0 Å². The van der Waals surface area contributed by atoms with Gasteiger partial charge in [0.15, 0.2) is 0 Å². The van der Waals surface area contributed by atoms with Gasteiger partial charge >= 0.3 is 0 Å². The van der Waals surface area contributed by atoms with E-state index in [1.807, 2.05) is 0 Å². The van der Waals surface area contributed by atoms with Crippen molar-refractivity contribution in [2.45, 2.75) is 60.3 Å². The molecule has 0 amide bonds. The van der Waals surface area contributed by atoms with Gasteiger partial charge in [-0.2, -0.15) is 0 Å². The largest absolute Gasteiger partial charge is 0.0996 e. The molecule has 3 unspecified atom stereocenters. The molecular weight excluding hydrogens is 204 g/mol. The minimum Gasteiger partial charge on any atom is -0.0996 e. The average Bonchev–Trinajstić information content (AvgIpc) is 2.22. The highest BCUT2D eigenvalue weighted by Gasteiger charge is 2.47. The van der Waals surface area contributed by atoms with E-state index in [1.54, 1.807) is 5.57 Å². The lowest BCUT2D eigenvalue weighted by Gasteiger charge is -2.53. The summed E-state index contributed by atoms with van der Waals surface area (Å²) in [6.07, 6.45) is 7.84. The first-order valence-electron chi connectivity index (χ1n) is 7.14. The monoisotopic (exact) mass is 232 g/mol. The molecule has 2 aliphatic carbocycles. The second-order valence-corrected chi connectivity index (χ2v) is 7.29. The van der Waals surface area contributed by atoms with Crippen molar-refractivity contribution in [3.63, 3.8) is 0 Å². The van der Waals surface area contributed by atoms with Crippen molar-refractivity contribution in [3.05, 3.63) is 23.8 Å². The second-order valence-electron chi connectivity index (χ2n) is 7.29. The molecule has 0 spiro atoms. The Labute approximate surface area is 107 Å². The van der Waals surface area contributed by atoms with Gasteiger partial charge in [0, 0.05) is 0 Å². The van der Waals surface area contributed by atoms with Crippen molar-refractivity contribution in [2.75, 3.05) is 0 Å². The lowest BCUT2D eigenvalue weighted by Crippen LogP contribution is -2.44. The maximum absolute atomic E-state index is 4.26. The normalized spacial score (nSPS) is 40.4. The van der Waals surface area contributed by atoms with Crippen molar-refractivity contribution >= 4 is 0 Å². The van der Waals surface area contributed by atoms with Gasteiger partial charge in [-0.15, -0.1) is 0 Å². The minimum absolute atomic E-state index is 0.308. The van der Waals surface area contributed by atoms with Gasteiger partial charge in [0.1, 0.15) is 0 Å². The Morgan fingerprint density at radius 2 is 2.00 bits per heavy atom. The fourth-order valence-electron chi connectivity index (χ4n) is 4.25. The highest BCUT2D eigenvalue weighted by atomic mass is 14.5. The summed E-state index contributed by atoms with van der Waals surface area (Å²) in [6, 6.07) is 0. The summed E-state index contributed by atoms with van der Waals surface area (Å²) in [4.78, 5) is 0. The summed E-state index contributed by atoms with van der Waals surface area (Å²) >= 11 is 0. The SMILES string of the molecule is C=C(C)C1(C)CC=C2CCCC(C)(C)C2C1C. The molecule has 0 heterocycles. The van der Waals surface area contributed by atoms with Gasteiger partial charge in [-0.3, -0.25) is 0 Å². The van der Waals surface area contributed by atoms with Crippen LogP contribution < -0.4 is 0 Å². The van der Waals surface area contributed by atoms with Gasteiger partial charge in [0.25, 0.3) is 0 Å². The van der Waals surface area contributed by atoms with E-state index in [1.165, 1.54) is 31.3 Å². The maximum atomic E-state index is 4.26. The molecule has 17 heavy (non-hydrogen) atoms. The maximum Gasteiger partial charge on any atom is -0.00558 e. The Hall–Kier alpha value is -0.520. The molecule has 0 aromatic rings. The van der Waals surface area contributed by atoms with Crippen LogP contribution in [0.25, 0.3) is 0 Å². The van der Waals surface area contributed by atoms with E-state index in [4.69, 9.17) is 0 Å². The van der Waals surface area contributed by atoms with Crippen molar-refractivity contribution in [2.24, 2.45) is 22.7 Å². The first kappa shape index (κ1) is 12.9. The molecule has 2 aliphatic rings. The van der Waals surface area contributed by atoms with Gasteiger partial charge < -0.3 is 0 Å².